The maximum atomic E-state index is 13.2. The molecule has 1 fully saturated rings. The molecule has 6 nitrogen and oxygen atoms in total. The lowest BCUT2D eigenvalue weighted by Crippen LogP contribution is -2.30. The van der Waals surface area contributed by atoms with Crippen LogP contribution in [0.15, 0.2) is 18.2 Å². The number of anilines is 1. The quantitative estimate of drug-likeness (QED) is 0.801. The minimum absolute atomic E-state index is 0. The van der Waals surface area contributed by atoms with Gasteiger partial charge in [0.05, 0.1) is 11.6 Å². The molecular weight excluding hydrogens is 299 g/mol. The minimum Gasteiger partial charge on any atom is -0.364 e. The van der Waals surface area contributed by atoms with Crippen LogP contribution in [-0.4, -0.2) is 34.9 Å². The van der Waals surface area contributed by atoms with Crippen molar-refractivity contribution in [2.75, 3.05) is 11.9 Å². The van der Waals surface area contributed by atoms with Crippen LogP contribution >= 0.6 is 12.4 Å². The summed E-state index contributed by atoms with van der Waals surface area (Å²) in [5.74, 6) is -0.349. The van der Waals surface area contributed by atoms with E-state index in [4.69, 9.17) is 10.5 Å². The Morgan fingerprint density at radius 2 is 2.33 bits per heavy atom. The summed E-state index contributed by atoms with van der Waals surface area (Å²) in [7, 11) is 0. The molecular formula is C13H16ClFN4O2. The number of nitrogens with two attached hydrogens (primary N) is 1. The number of H-pyrrole nitrogens is 1. The van der Waals surface area contributed by atoms with Gasteiger partial charge in [-0.3, -0.25) is 9.89 Å². The predicted molar refractivity (Wildman–Crippen MR) is 78.9 cm³/mol. The van der Waals surface area contributed by atoms with Crippen LogP contribution in [0.3, 0.4) is 0 Å². The van der Waals surface area contributed by atoms with Crippen LogP contribution in [0.1, 0.15) is 12.8 Å². The maximum Gasteiger partial charge on any atom is 0.254 e. The summed E-state index contributed by atoms with van der Waals surface area (Å²) >= 11 is 0. The summed E-state index contributed by atoms with van der Waals surface area (Å²) < 4.78 is 18.7. The molecule has 1 aromatic heterocycles. The maximum absolute atomic E-state index is 13.2. The van der Waals surface area contributed by atoms with Crippen molar-refractivity contribution in [1.29, 1.82) is 0 Å². The number of rotatable bonds is 3. The van der Waals surface area contributed by atoms with Gasteiger partial charge < -0.3 is 15.8 Å². The first-order valence-corrected chi connectivity index (χ1v) is 6.47. The number of benzene rings is 1. The number of hydrogen-bond donors (Lipinski definition) is 3. The van der Waals surface area contributed by atoms with Crippen LogP contribution in [0.25, 0.3) is 10.9 Å². The highest BCUT2D eigenvalue weighted by Crippen LogP contribution is 2.24. The molecule has 2 heterocycles. The van der Waals surface area contributed by atoms with E-state index in [1.165, 1.54) is 12.1 Å². The predicted octanol–water partition coefficient (Wildman–Crippen LogP) is 1.57. The van der Waals surface area contributed by atoms with E-state index in [9.17, 15) is 9.18 Å². The van der Waals surface area contributed by atoms with Gasteiger partial charge in [-0.05, 0) is 31.0 Å². The Hall–Kier alpha value is -1.70. The first-order chi connectivity index (χ1) is 9.67. The second-order valence-corrected chi connectivity index (χ2v) is 4.81. The molecule has 21 heavy (non-hydrogen) atoms. The van der Waals surface area contributed by atoms with Crippen molar-refractivity contribution >= 4 is 35.0 Å². The third-order valence-corrected chi connectivity index (χ3v) is 3.43. The molecule has 114 valence electrons. The number of halogens is 2. The zero-order valence-corrected chi connectivity index (χ0v) is 12.0. The molecule has 0 unspecified atom stereocenters. The van der Waals surface area contributed by atoms with Gasteiger partial charge in [0, 0.05) is 11.9 Å². The Kier molecular flexibility index (Phi) is 4.76. The standard InChI is InChI=1S/C13H15FN4O2.ClH/c14-7-1-3-10-9(5-7)12(18-17-10)16-13(19)11-4-2-8(6-15)20-11;/h1,3,5,8,11H,2,4,6,15H2,(H2,16,17,18,19);1H/t8-,11+;/m1./s1. The molecule has 0 spiro atoms. The van der Waals surface area contributed by atoms with E-state index in [1.807, 2.05) is 0 Å². The van der Waals surface area contributed by atoms with Crippen LogP contribution in [-0.2, 0) is 9.53 Å². The number of fused-ring (bicyclic) bond motifs is 1. The average Bonchev–Trinajstić information content (AvgIpc) is 3.06. The van der Waals surface area contributed by atoms with E-state index in [1.54, 1.807) is 6.07 Å². The summed E-state index contributed by atoms with van der Waals surface area (Å²) in [5, 5.41) is 9.92. The van der Waals surface area contributed by atoms with Crippen molar-refractivity contribution < 1.29 is 13.9 Å². The van der Waals surface area contributed by atoms with Crippen LogP contribution in [0.4, 0.5) is 10.2 Å². The lowest BCUT2D eigenvalue weighted by Gasteiger charge is -2.11. The fourth-order valence-electron chi connectivity index (χ4n) is 2.35. The number of nitrogens with one attached hydrogen (secondary N) is 2. The van der Waals surface area contributed by atoms with Crippen molar-refractivity contribution in [1.82, 2.24) is 10.2 Å². The zero-order valence-electron chi connectivity index (χ0n) is 11.1. The molecule has 0 bridgehead atoms. The largest absolute Gasteiger partial charge is 0.364 e. The van der Waals surface area contributed by atoms with Crippen LogP contribution < -0.4 is 11.1 Å². The van der Waals surface area contributed by atoms with E-state index in [2.05, 4.69) is 15.5 Å². The van der Waals surface area contributed by atoms with E-state index in [0.29, 0.717) is 29.7 Å². The topological polar surface area (TPSA) is 93.0 Å². The second kappa shape index (κ2) is 6.38. The third kappa shape index (κ3) is 3.15. The highest BCUT2D eigenvalue weighted by atomic mass is 35.5. The normalized spacial score (nSPS) is 21.2. The number of nitrogens with zero attached hydrogens (tertiary/aromatic N) is 1. The van der Waals surface area contributed by atoms with E-state index < -0.39 is 6.10 Å². The Morgan fingerprint density at radius 3 is 3.05 bits per heavy atom. The van der Waals surface area contributed by atoms with Crippen molar-refractivity contribution in [3.05, 3.63) is 24.0 Å². The third-order valence-electron chi connectivity index (χ3n) is 3.43. The summed E-state index contributed by atoms with van der Waals surface area (Å²) in [6.07, 6.45) is 0.803. The summed E-state index contributed by atoms with van der Waals surface area (Å²) in [5.41, 5.74) is 6.17. The summed E-state index contributed by atoms with van der Waals surface area (Å²) in [4.78, 5) is 12.1. The lowest BCUT2D eigenvalue weighted by molar-refractivity contribution is -0.126. The van der Waals surface area contributed by atoms with Crippen LogP contribution in [0.2, 0.25) is 0 Å². The van der Waals surface area contributed by atoms with Gasteiger partial charge in [-0.15, -0.1) is 12.4 Å². The van der Waals surface area contributed by atoms with Gasteiger partial charge in [-0.1, -0.05) is 0 Å². The molecule has 0 saturated carbocycles. The highest BCUT2D eigenvalue weighted by Gasteiger charge is 2.30. The smallest absolute Gasteiger partial charge is 0.254 e. The fraction of sp³-hybridized carbons (Fsp3) is 0.385. The molecule has 1 aliphatic heterocycles. The summed E-state index contributed by atoms with van der Waals surface area (Å²) in [6.45, 7) is 0.403. The van der Waals surface area contributed by atoms with Crippen molar-refractivity contribution in [3.63, 3.8) is 0 Å². The second-order valence-electron chi connectivity index (χ2n) is 4.81. The number of ether oxygens (including phenoxy) is 1. The van der Waals surface area contributed by atoms with Gasteiger partial charge in [0.1, 0.15) is 11.9 Å². The fourth-order valence-corrected chi connectivity index (χ4v) is 2.35. The molecule has 1 saturated heterocycles. The Morgan fingerprint density at radius 1 is 1.52 bits per heavy atom. The minimum atomic E-state index is -0.524. The van der Waals surface area contributed by atoms with Gasteiger partial charge in [-0.2, -0.15) is 5.10 Å². The molecule has 3 rings (SSSR count). The number of aromatic nitrogens is 2. The average molecular weight is 315 g/mol. The monoisotopic (exact) mass is 314 g/mol. The Labute approximate surface area is 126 Å². The van der Waals surface area contributed by atoms with E-state index in [-0.39, 0.29) is 30.2 Å². The Bertz CT molecular complexity index is 648. The molecule has 0 aliphatic carbocycles. The molecule has 1 amide bonds. The number of amides is 1. The van der Waals surface area contributed by atoms with Gasteiger partial charge in [0.15, 0.2) is 5.82 Å². The molecule has 1 aliphatic rings. The van der Waals surface area contributed by atoms with Crippen molar-refractivity contribution in [2.24, 2.45) is 5.73 Å². The van der Waals surface area contributed by atoms with Crippen molar-refractivity contribution in [2.45, 2.75) is 25.0 Å². The number of hydrogen-bond acceptors (Lipinski definition) is 4. The van der Waals surface area contributed by atoms with Gasteiger partial charge in [0.2, 0.25) is 0 Å². The number of carbonyl (C=O) groups is 1. The van der Waals surface area contributed by atoms with E-state index >= 15 is 0 Å². The van der Waals surface area contributed by atoms with Crippen molar-refractivity contribution in [3.8, 4) is 0 Å². The van der Waals surface area contributed by atoms with E-state index in [0.717, 1.165) is 6.42 Å². The van der Waals surface area contributed by atoms with Gasteiger partial charge in [0.25, 0.3) is 5.91 Å². The summed E-state index contributed by atoms with van der Waals surface area (Å²) in [6, 6.07) is 4.23. The molecule has 1 aromatic carbocycles. The SMILES string of the molecule is Cl.NC[C@H]1CC[C@@H](C(=O)Nc2n[nH]c3ccc(F)cc23)O1. The first kappa shape index (κ1) is 15.7. The molecule has 0 radical (unpaired) electrons. The zero-order chi connectivity index (χ0) is 14.1. The highest BCUT2D eigenvalue weighted by molar-refractivity contribution is 6.01. The van der Waals surface area contributed by atoms with Gasteiger partial charge >= 0.3 is 0 Å². The lowest BCUT2D eigenvalue weighted by atomic mass is 10.2. The molecule has 8 heteroatoms. The molecule has 2 aromatic rings. The van der Waals surface area contributed by atoms with Crippen LogP contribution in [0.5, 0.6) is 0 Å². The molecule has 2 atom stereocenters. The van der Waals surface area contributed by atoms with Crippen LogP contribution in [0, 0.1) is 5.82 Å². The first-order valence-electron chi connectivity index (χ1n) is 6.47. The molecule has 4 N–H and O–H groups in total. The van der Waals surface area contributed by atoms with Gasteiger partial charge in [-0.25, -0.2) is 4.39 Å². The number of aromatic amines is 1. The number of carbonyl (C=O) groups excluding carboxylic acids is 1. The Balaban J connectivity index is 0.00000161.